The number of sulfone groups is 2. The zero-order chi connectivity index (χ0) is 18.6. The predicted octanol–water partition coefficient (Wildman–Crippen LogP) is 3.03. The van der Waals surface area contributed by atoms with Crippen LogP contribution in [0, 0.1) is 0 Å². The van der Waals surface area contributed by atoms with E-state index in [1.807, 2.05) is 0 Å². The van der Waals surface area contributed by atoms with E-state index in [1.54, 1.807) is 54.6 Å². The summed E-state index contributed by atoms with van der Waals surface area (Å²) in [5, 5.41) is 0. The molecule has 1 heterocycles. The van der Waals surface area contributed by atoms with E-state index >= 15 is 0 Å². The lowest BCUT2D eigenvalue weighted by Crippen LogP contribution is -2.10. The van der Waals surface area contributed by atoms with Crippen LogP contribution in [0.2, 0.25) is 0 Å². The van der Waals surface area contributed by atoms with Crippen molar-refractivity contribution in [2.75, 3.05) is 0 Å². The summed E-state index contributed by atoms with van der Waals surface area (Å²) in [5.74, 6) is -0.563. The maximum Gasteiger partial charge on any atom is 0.184 e. The molecule has 0 atom stereocenters. The first-order valence-corrected chi connectivity index (χ1v) is 11.2. The molecule has 0 spiro atoms. The third-order valence-corrected chi connectivity index (χ3v) is 7.08. The number of pyridine rings is 1. The van der Waals surface area contributed by atoms with Crippen molar-refractivity contribution in [1.29, 1.82) is 0 Å². The fourth-order valence-electron chi connectivity index (χ4n) is 2.50. The van der Waals surface area contributed by atoms with Crippen molar-refractivity contribution in [3.63, 3.8) is 0 Å². The largest absolute Gasteiger partial charge is 0.256 e. The van der Waals surface area contributed by atoms with Gasteiger partial charge in [-0.2, -0.15) is 0 Å². The van der Waals surface area contributed by atoms with Gasteiger partial charge in [-0.15, -0.1) is 0 Å². The number of aromatic nitrogens is 1. The molecule has 0 saturated heterocycles. The third kappa shape index (κ3) is 4.36. The summed E-state index contributed by atoms with van der Waals surface area (Å²) in [6.07, 6.45) is 0. The van der Waals surface area contributed by atoms with Crippen LogP contribution in [-0.4, -0.2) is 21.8 Å². The number of hydrogen-bond acceptors (Lipinski definition) is 5. The molecule has 3 aromatic rings. The van der Waals surface area contributed by atoms with Gasteiger partial charge in [0, 0.05) is 0 Å². The first kappa shape index (κ1) is 18.3. The molecule has 1 aromatic heterocycles. The molecule has 0 radical (unpaired) electrons. The Morgan fingerprint density at radius 1 is 0.538 bits per heavy atom. The molecular weight excluding hydrogens is 370 g/mol. The molecule has 0 aliphatic carbocycles. The Morgan fingerprint density at radius 2 is 0.923 bits per heavy atom. The molecule has 5 nitrogen and oxygen atoms in total. The average molecular weight is 387 g/mol. The Hall–Kier alpha value is -2.51. The minimum atomic E-state index is -3.54. The van der Waals surface area contributed by atoms with Crippen molar-refractivity contribution < 1.29 is 16.8 Å². The second-order valence-corrected chi connectivity index (χ2v) is 9.74. The average Bonchev–Trinajstić information content (AvgIpc) is 2.63. The standard InChI is InChI=1S/C19H17NO4S2/c21-25(22,18-10-3-1-4-11-18)14-16-8-7-9-17(20-16)15-26(23,24)19-12-5-2-6-13-19/h1-13H,14-15H2. The zero-order valence-electron chi connectivity index (χ0n) is 13.8. The number of nitrogens with zero attached hydrogens (tertiary/aromatic N) is 1. The molecule has 0 bridgehead atoms. The Kier molecular flexibility index (Phi) is 5.20. The van der Waals surface area contributed by atoms with Crippen LogP contribution in [0.5, 0.6) is 0 Å². The van der Waals surface area contributed by atoms with Crippen LogP contribution >= 0.6 is 0 Å². The second kappa shape index (κ2) is 7.39. The summed E-state index contributed by atoms with van der Waals surface area (Å²) < 4.78 is 49.8. The highest BCUT2D eigenvalue weighted by Gasteiger charge is 2.18. The van der Waals surface area contributed by atoms with E-state index in [1.165, 1.54) is 24.3 Å². The normalized spacial score (nSPS) is 12.0. The van der Waals surface area contributed by atoms with Crippen molar-refractivity contribution in [3.8, 4) is 0 Å². The molecule has 0 aliphatic rings. The van der Waals surface area contributed by atoms with Crippen molar-refractivity contribution in [1.82, 2.24) is 4.98 Å². The van der Waals surface area contributed by atoms with Crippen molar-refractivity contribution in [2.24, 2.45) is 0 Å². The van der Waals surface area contributed by atoms with Crippen LogP contribution in [0.15, 0.2) is 88.7 Å². The minimum Gasteiger partial charge on any atom is -0.256 e. The monoisotopic (exact) mass is 387 g/mol. The first-order chi connectivity index (χ1) is 12.4. The fraction of sp³-hybridized carbons (Fsp3) is 0.105. The van der Waals surface area contributed by atoms with Crippen LogP contribution in [0.4, 0.5) is 0 Å². The highest BCUT2D eigenvalue weighted by molar-refractivity contribution is 7.91. The molecular formula is C19H17NO4S2. The van der Waals surface area contributed by atoms with E-state index in [0.717, 1.165) is 0 Å². The Morgan fingerprint density at radius 3 is 1.31 bits per heavy atom. The smallest absolute Gasteiger partial charge is 0.184 e. The molecule has 2 aromatic carbocycles. The Bertz CT molecular complexity index is 1010. The van der Waals surface area contributed by atoms with Crippen LogP contribution in [0.1, 0.15) is 11.4 Å². The van der Waals surface area contributed by atoms with E-state index in [-0.39, 0.29) is 21.3 Å². The van der Waals surface area contributed by atoms with E-state index in [2.05, 4.69) is 4.98 Å². The van der Waals surface area contributed by atoms with E-state index in [4.69, 9.17) is 0 Å². The van der Waals surface area contributed by atoms with Crippen molar-refractivity contribution in [3.05, 3.63) is 90.3 Å². The highest BCUT2D eigenvalue weighted by Crippen LogP contribution is 2.18. The summed E-state index contributed by atoms with van der Waals surface area (Å²) in [7, 11) is -7.08. The molecule has 0 aliphatic heterocycles. The zero-order valence-corrected chi connectivity index (χ0v) is 15.4. The first-order valence-electron chi connectivity index (χ1n) is 7.87. The Labute approximate surface area is 153 Å². The van der Waals surface area contributed by atoms with Gasteiger partial charge in [0.1, 0.15) is 0 Å². The summed E-state index contributed by atoms with van der Waals surface area (Å²) in [6.45, 7) is 0. The summed E-state index contributed by atoms with van der Waals surface area (Å²) in [5.41, 5.74) is 0.629. The quantitative estimate of drug-likeness (QED) is 0.649. The molecule has 7 heteroatoms. The molecule has 26 heavy (non-hydrogen) atoms. The van der Waals surface area contributed by atoms with Gasteiger partial charge in [-0.3, -0.25) is 4.98 Å². The van der Waals surface area contributed by atoms with E-state index in [9.17, 15) is 16.8 Å². The van der Waals surface area contributed by atoms with Gasteiger partial charge in [-0.05, 0) is 36.4 Å². The van der Waals surface area contributed by atoms with E-state index in [0.29, 0.717) is 11.4 Å². The van der Waals surface area contributed by atoms with Crippen LogP contribution < -0.4 is 0 Å². The van der Waals surface area contributed by atoms with Crippen LogP contribution in [-0.2, 0) is 31.2 Å². The summed E-state index contributed by atoms with van der Waals surface area (Å²) >= 11 is 0. The fourth-order valence-corrected chi connectivity index (χ4v) is 5.08. The second-order valence-electron chi connectivity index (χ2n) is 5.76. The number of benzene rings is 2. The molecule has 3 rings (SSSR count). The predicted molar refractivity (Wildman–Crippen MR) is 98.9 cm³/mol. The van der Waals surface area contributed by atoms with Gasteiger partial charge in [0.15, 0.2) is 19.7 Å². The van der Waals surface area contributed by atoms with Gasteiger partial charge in [0.05, 0.1) is 32.7 Å². The SMILES string of the molecule is O=S(=O)(Cc1cccc(CS(=O)(=O)c2ccccc2)n1)c1ccccc1. The van der Waals surface area contributed by atoms with E-state index < -0.39 is 19.7 Å². The van der Waals surface area contributed by atoms with Crippen LogP contribution in [0.25, 0.3) is 0 Å². The molecule has 0 unspecified atom stereocenters. The van der Waals surface area contributed by atoms with Gasteiger partial charge < -0.3 is 0 Å². The highest BCUT2D eigenvalue weighted by atomic mass is 32.2. The number of rotatable bonds is 6. The summed E-state index contributed by atoms with van der Waals surface area (Å²) in [4.78, 5) is 4.66. The molecule has 134 valence electrons. The van der Waals surface area contributed by atoms with Crippen molar-refractivity contribution in [2.45, 2.75) is 21.3 Å². The molecule has 0 fully saturated rings. The lowest BCUT2D eigenvalue weighted by Gasteiger charge is -2.07. The van der Waals surface area contributed by atoms with Gasteiger partial charge in [0.25, 0.3) is 0 Å². The molecule has 0 N–H and O–H groups in total. The number of hydrogen-bond donors (Lipinski definition) is 0. The van der Waals surface area contributed by atoms with Gasteiger partial charge >= 0.3 is 0 Å². The van der Waals surface area contributed by atoms with Crippen LogP contribution in [0.3, 0.4) is 0 Å². The Balaban J connectivity index is 1.83. The lowest BCUT2D eigenvalue weighted by atomic mass is 10.3. The summed E-state index contributed by atoms with van der Waals surface area (Å²) in [6, 6.07) is 21.0. The lowest BCUT2D eigenvalue weighted by molar-refractivity contribution is 0.594. The van der Waals surface area contributed by atoms with Gasteiger partial charge in [-0.1, -0.05) is 42.5 Å². The third-order valence-electron chi connectivity index (χ3n) is 3.74. The maximum absolute atomic E-state index is 12.5. The molecule has 0 saturated carbocycles. The maximum atomic E-state index is 12.5. The topological polar surface area (TPSA) is 81.2 Å². The van der Waals surface area contributed by atoms with Crippen molar-refractivity contribution >= 4 is 19.7 Å². The van der Waals surface area contributed by atoms with Gasteiger partial charge in [0.2, 0.25) is 0 Å². The van der Waals surface area contributed by atoms with Gasteiger partial charge in [-0.25, -0.2) is 16.8 Å². The minimum absolute atomic E-state index is 0.212. The molecule has 0 amide bonds.